The van der Waals surface area contributed by atoms with Crippen molar-refractivity contribution in [3.8, 4) is 0 Å². The fourth-order valence-corrected chi connectivity index (χ4v) is 1.85. The van der Waals surface area contributed by atoms with Gasteiger partial charge in [0.15, 0.2) is 0 Å². The normalized spacial score (nSPS) is 11.7. The van der Waals surface area contributed by atoms with Crippen LogP contribution in [0.1, 0.15) is 25.3 Å². The highest BCUT2D eigenvalue weighted by Crippen LogP contribution is 2.12. The van der Waals surface area contributed by atoms with Crippen LogP contribution in [0.5, 0.6) is 0 Å². The summed E-state index contributed by atoms with van der Waals surface area (Å²) in [5.74, 6) is -1.21. The second kappa shape index (κ2) is 7.98. The minimum atomic E-state index is -0.883. The molecule has 1 rings (SSSR count). The average molecular weight is 294 g/mol. The van der Waals surface area contributed by atoms with Crippen LogP contribution in [-0.2, 0) is 16.0 Å². The molecule has 21 heavy (non-hydrogen) atoms. The van der Waals surface area contributed by atoms with Gasteiger partial charge >= 0.3 is 5.97 Å². The Kier molecular flexibility index (Phi) is 6.32. The highest BCUT2D eigenvalue weighted by molar-refractivity contribution is 5.78. The molecule has 2 N–H and O–H groups in total. The molecule has 0 aromatic heterocycles. The molecule has 0 aliphatic carbocycles. The molecule has 1 unspecified atom stereocenters. The summed E-state index contributed by atoms with van der Waals surface area (Å²) in [7, 11) is 0. The molecule has 0 saturated carbocycles. The molecular formula is C14H18N2O5. The van der Waals surface area contributed by atoms with E-state index in [1.54, 1.807) is 0 Å². The Morgan fingerprint density at radius 1 is 1.33 bits per heavy atom. The minimum Gasteiger partial charge on any atom is -0.481 e. The van der Waals surface area contributed by atoms with Gasteiger partial charge in [0.1, 0.15) is 0 Å². The van der Waals surface area contributed by atoms with E-state index in [1.165, 1.54) is 24.3 Å². The number of carbonyl (C=O) groups excluding carboxylic acids is 1. The topological polar surface area (TPSA) is 110 Å². The maximum Gasteiger partial charge on any atom is 0.303 e. The largest absolute Gasteiger partial charge is 0.481 e. The van der Waals surface area contributed by atoms with E-state index in [0.717, 1.165) is 0 Å². The Labute approximate surface area is 122 Å². The molecule has 1 aromatic rings. The number of amides is 1. The van der Waals surface area contributed by atoms with Crippen LogP contribution in [0, 0.1) is 16.0 Å². The molecule has 1 atom stereocenters. The predicted molar refractivity (Wildman–Crippen MR) is 75.8 cm³/mol. The van der Waals surface area contributed by atoms with Crippen LogP contribution in [0.25, 0.3) is 0 Å². The van der Waals surface area contributed by atoms with Gasteiger partial charge in [-0.25, -0.2) is 0 Å². The van der Waals surface area contributed by atoms with E-state index >= 15 is 0 Å². The Balaban J connectivity index is 2.46. The fourth-order valence-electron chi connectivity index (χ4n) is 1.85. The molecular weight excluding hydrogens is 276 g/mol. The molecule has 0 radical (unpaired) electrons. The smallest absolute Gasteiger partial charge is 0.303 e. The lowest BCUT2D eigenvalue weighted by molar-refractivity contribution is -0.384. The number of rotatable bonds is 8. The van der Waals surface area contributed by atoms with Gasteiger partial charge in [0.05, 0.1) is 11.3 Å². The number of carboxylic acids is 1. The second-order valence-corrected chi connectivity index (χ2v) is 4.78. The number of nitro benzene ring substituents is 1. The standard InChI is InChI=1S/C14H18N2O5/c1-2-10(8-14(18)19)9-15-13(17)7-11-3-5-12(6-4-11)16(20)21/h3-6,10H,2,7-9H2,1H3,(H,15,17)(H,18,19). The first-order valence-electron chi connectivity index (χ1n) is 6.64. The zero-order valence-electron chi connectivity index (χ0n) is 11.7. The van der Waals surface area contributed by atoms with Gasteiger partial charge in [0.2, 0.25) is 5.91 Å². The molecule has 7 heteroatoms. The lowest BCUT2D eigenvalue weighted by Gasteiger charge is -2.13. The highest BCUT2D eigenvalue weighted by Gasteiger charge is 2.13. The summed E-state index contributed by atoms with van der Waals surface area (Å²) in [4.78, 5) is 32.4. The summed E-state index contributed by atoms with van der Waals surface area (Å²) in [6, 6.07) is 5.77. The van der Waals surface area contributed by atoms with E-state index in [4.69, 9.17) is 5.11 Å². The monoisotopic (exact) mass is 294 g/mol. The van der Waals surface area contributed by atoms with E-state index in [9.17, 15) is 19.7 Å². The molecule has 114 valence electrons. The van der Waals surface area contributed by atoms with Crippen molar-refractivity contribution in [1.82, 2.24) is 5.32 Å². The minimum absolute atomic E-state index is 0.0216. The van der Waals surface area contributed by atoms with Gasteiger partial charge in [-0.3, -0.25) is 19.7 Å². The fraction of sp³-hybridized carbons (Fsp3) is 0.429. The number of aliphatic carboxylic acids is 1. The number of benzene rings is 1. The van der Waals surface area contributed by atoms with Gasteiger partial charge in [-0.1, -0.05) is 25.5 Å². The van der Waals surface area contributed by atoms with Gasteiger partial charge < -0.3 is 10.4 Å². The Hall–Kier alpha value is -2.44. The first kappa shape index (κ1) is 16.6. The summed E-state index contributed by atoms with van der Waals surface area (Å²) in [5, 5.41) is 21.9. The van der Waals surface area contributed by atoms with Crippen LogP contribution in [0.2, 0.25) is 0 Å². The number of nitro groups is 1. The van der Waals surface area contributed by atoms with E-state index < -0.39 is 10.9 Å². The van der Waals surface area contributed by atoms with Crippen LogP contribution >= 0.6 is 0 Å². The number of nitrogens with zero attached hydrogens (tertiary/aromatic N) is 1. The Morgan fingerprint density at radius 2 is 1.95 bits per heavy atom. The third kappa shape index (κ3) is 6.03. The van der Waals surface area contributed by atoms with Crippen molar-refractivity contribution >= 4 is 17.6 Å². The van der Waals surface area contributed by atoms with Crippen LogP contribution in [0.3, 0.4) is 0 Å². The van der Waals surface area contributed by atoms with Crippen LogP contribution < -0.4 is 5.32 Å². The van der Waals surface area contributed by atoms with E-state index in [-0.39, 0.29) is 30.4 Å². The molecule has 0 saturated heterocycles. The zero-order valence-corrected chi connectivity index (χ0v) is 11.7. The number of non-ortho nitro benzene ring substituents is 1. The number of carboxylic acid groups (broad SMARTS) is 1. The van der Waals surface area contributed by atoms with Crippen LogP contribution in [0.4, 0.5) is 5.69 Å². The van der Waals surface area contributed by atoms with E-state index in [0.29, 0.717) is 18.5 Å². The van der Waals surface area contributed by atoms with Crippen molar-refractivity contribution in [2.45, 2.75) is 26.2 Å². The van der Waals surface area contributed by atoms with Crippen LogP contribution in [0.15, 0.2) is 24.3 Å². The van der Waals surface area contributed by atoms with Gasteiger partial charge in [0.25, 0.3) is 5.69 Å². The molecule has 0 spiro atoms. The number of hydrogen-bond donors (Lipinski definition) is 2. The molecule has 0 fully saturated rings. The summed E-state index contributed by atoms with van der Waals surface area (Å²) in [6.45, 7) is 2.19. The molecule has 0 aliphatic heterocycles. The molecule has 0 heterocycles. The SMILES string of the molecule is CCC(CNC(=O)Cc1ccc([N+](=O)[O-])cc1)CC(=O)O. The summed E-state index contributed by atoms with van der Waals surface area (Å²) in [5.41, 5.74) is 0.649. The first-order valence-corrected chi connectivity index (χ1v) is 6.64. The van der Waals surface area contributed by atoms with E-state index in [2.05, 4.69) is 5.32 Å². The summed E-state index contributed by atoms with van der Waals surface area (Å²) >= 11 is 0. The van der Waals surface area contributed by atoms with Crippen molar-refractivity contribution in [1.29, 1.82) is 0 Å². The van der Waals surface area contributed by atoms with E-state index in [1.807, 2.05) is 6.92 Å². The first-order chi connectivity index (χ1) is 9.92. The number of carbonyl (C=O) groups is 2. The van der Waals surface area contributed by atoms with Gasteiger partial charge in [-0.05, 0) is 11.5 Å². The molecule has 1 aromatic carbocycles. The van der Waals surface area contributed by atoms with Crippen molar-refractivity contribution < 1.29 is 19.6 Å². The highest BCUT2D eigenvalue weighted by atomic mass is 16.6. The lowest BCUT2D eigenvalue weighted by atomic mass is 10.0. The lowest BCUT2D eigenvalue weighted by Crippen LogP contribution is -2.31. The van der Waals surface area contributed by atoms with Crippen molar-refractivity contribution in [2.24, 2.45) is 5.92 Å². The third-order valence-corrected chi connectivity index (χ3v) is 3.14. The molecule has 1 amide bonds. The zero-order chi connectivity index (χ0) is 15.8. The molecule has 0 bridgehead atoms. The third-order valence-electron chi connectivity index (χ3n) is 3.14. The molecule has 7 nitrogen and oxygen atoms in total. The maximum atomic E-state index is 11.7. The van der Waals surface area contributed by atoms with Crippen molar-refractivity contribution in [2.75, 3.05) is 6.54 Å². The number of hydrogen-bond acceptors (Lipinski definition) is 4. The second-order valence-electron chi connectivity index (χ2n) is 4.78. The number of nitrogens with one attached hydrogen (secondary N) is 1. The van der Waals surface area contributed by atoms with Crippen LogP contribution in [-0.4, -0.2) is 28.5 Å². The molecule has 0 aliphatic rings. The quantitative estimate of drug-likeness (QED) is 0.560. The van der Waals surface area contributed by atoms with Crippen molar-refractivity contribution in [3.63, 3.8) is 0 Å². The Bertz CT molecular complexity index is 513. The summed E-state index contributed by atoms with van der Waals surface area (Å²) < 4.78 is 0. The van der Waals surface area contributed by atoms with Crippen molar-refractivity contribution in [3.05, 3.63) is 39.9 Å². The van der Waals surface area contributed by atoms with Gasteiger partial charge in [-0.2, -0.15) is 0 Å². The average Bonchev–Trinajstić information content (AvgIpc) is 2.43. The Morgan fingerprint density at radius 3 is 2.43 bits per heavy atom. The predicted octanol–water partition coefficient (Wildman–Crippen LogP) is 1.75. The maximum absolute atomic E-state index is 11.7. The van der Waals surface area contributed by atoms with Gasteiger partial charge in [-0.15, -0.1) is 0 Å². The van der Waals surface area contributed by atoms with Gasteiger partial charge in [0, 0.05) is 25.1 Å². The summed E-state index contributed by atoms with van der Waals surface area (Å²) in [6.07, 6.45) is 0.805.